The van der Waals surface area contributed by atoms with E-state index in [1.54, 1.807) is 7.11 Å². The van der Waals surface area contributed by atoms with Gasteiger partial charge in [0.05, 0.1) is 19.8 Å². The molecule has 1 atom stereocenters. The van der Waals surface area contributed by atoms with Crippen molar-refractivity contribution in [1.29, 1.82) is 0 Å². The first-order valence-corrected chi connectivity index (χ1v) is 10.6. The number of hydrogen-bond donors (Lipinski definition) is 1. The summed E-state index contributed by atoms with van der Waals surface area (Å²) >= 11 is 0. The number of ether oxygens (including phenoxy) is 2. The summed E-state index contributed by atoms with van der Waals surface area (Å²) in [6.07, 6.45) is 3.41. The molecule has 1 aromatic carbocycles. The Bertz CT molecular complexity index is 559. The minimum Gasteiger partial charge on any atom is -0.382 e. The molecule has 1 fully saturated rings. The monoisotopic (exact) mass is 518 g/mol. The van der Waals surface area contributed by atoms with Crippen LogP contribution in [0.2, 0.25) is 0 Å². The minimum absolute atomic E-state index is 0. The number of benzene rings is 1. The van der Waals surface area contributed by atoms with Gasteiger partial charge in [-0.05, 0) is 38.3 Å². The number of rotatable bonds is 12. The first-order valence-electron chi connectivity index (χ1n) is 10.6. The van der Waals surface area contributed by atoms with Crippen LogP contribution in [0.4, 0.5) is 5.69 Å². The zero-order valence-corrected chi connectivity index (χ0v) is 20.6. The molecule has 1 aromatic rings. The molecule has 1 unspecified atom stereocenters. The SMILES string of the molecule is CCNC(=NCCCCN(C)c1ccccc1)N1CCC(COCCOC)C1.I. The highest BCUT2D eigenvalue weighted by molar-refractivity contribution is 14.0. The zero-order chi connectivity index (χ0) is 20.0. The van der Waals surface area contributed by atoms with Gasteiger partial charge in [-0.1, -0.05) is 18.2 Å². The molecular formula is C22H39IN4O2. The second-order valence-electron chi connectivity index (χ2n) is 7.37. The summed E-state index contributed by atoms with van der Waals surface area (Å²) in [6, 6.07) is 10.5. The third kappa shape index (κ3) is 10.00. The van der Waals surface area contributed by atoms with Crippen molar-refractivity contribution < 1.29 is 9.47 Å². The van der Waals surface area contributed by atoms with E-state index >= 15 is 0 Å². The number of methoxy groups -OCH3 is 1. The largest absolute Gasteiger partial charge is 0.382 e. The maximum absolute atomic E-state index is 5.70. The van der Waals surface area contributed by atoms with E-state index < -0.39 is 0 Å². The molecule has 7 heteroatoms. The van der Waals surface area contributed by atoms with Crippen LogP contribution in [0.3, 0.4) is 0 Å². The summed E-state index contributed by atoms with van der Waals surface area (Å²) in [5.41, 5.74) is 1.27. The Morgan fingerprint density at radius 2 is 2.03 bits per heavy atom. The number of likely N-dealkylation sites (tertiary alicyclic amines) is 1. The van der Waals surface area contributed by atoms with Crippen LogP contribution in [0.1, 0.15) is 26.2 Å². The second kappa shape index (κ2) is 15.7. The van der Waals surface area contributed by atoms with Crippen molar-refractivity contribution in [1.82, 2.24) is 10.2 Å². The van der Waals surface area contributed by atoms with Gasteiger partial charge in [0.25, 0.3) is 0 Å². The summed E-state index contributed by atoms with van der Waals surface area (Å²) < 4.78 is 10.7. The Morgan fingerprint density at radius 3 is 2.76 bits per heavy atom. The van der Waals surface area contributed by atoms with Crippen LogP contribution in [-0.2, 0) is 9.47 Å². The van der Waals surface area contributed by atoms with Gasteiger partial charge < -0.3 is 24.6 Å². The van der Waals surface area contributed by atoms with Gasteiger partial charge in [0.1, 0.15) is 0 Å². The predicted octanol–water partition coefficient (Wildman–Crippen LogP) is 3.47. The summed E-state index contributed by atoms with van der Waals surface area (Å²) in [7, 11) is 3.86. The van der Waals surface area contributed by atoms with Crippen molar-refractivity contribution in [2.75, 3.05) is 71.6 Å². The third-order valence-electron chi connectivity index (χ3n) is 5.07. The molecule has 1 aliphatic rings. The van der Waals surface area contributed by atoms with Crippen LogP contribution < -0.4 is 10.2 Å². The van der Waals surface area contributed by atoms with Crippen LogP contribution in [0.25, 0.3) is 0 Å². The van der Waals surface area contributed by atoms with Gasteiger partial charge in [-0.3, -0.25) is 4.99 Å². The van der Waals surface area contributed by atoms with Gasteiger partial charge >= 0.3 is 0 Å². The lowest BCUT2D eigenvalue weighted by Crippen LogP contribution is -2.40. The van der Waals surface area contributed by atoms with E-state index in [2.05, 4.69) is 59.4 Å². The lowest BCUT2D eigenvalue weighted by molar-refractivity contribution is 0.0536. The third-order valence-corrected chi connectivity index (χ3v) is 5.07. The fourth-order valence-electron chi connectivity index (χ4n) is 3.44. The first kappa shape index (κ1) is 26.0. The molecule has 1 saturated heterocycles. The van der Waals surface area contributed by atoms with E-state index in [1.165, 1.54) is 12.1 Å². The summed E-state index contributed by atoms with van der Waals surface area (Å²) in [4.78, 5) is 9.55. The number of halogens is 1. The summed E-state index contributed by atoms with van der Waals surface area (Å²) in [5, 5.41) is 3.45. The molecule has 29 heavy (non-hydrogen) atoms. The van der Waals surface area contributed by atoms with E-state index in [1.807, 2.05) is 0 Å². The quantitative estimate of drug-likeness (QED) is 0.199. The van der Waals surface area contributed by atoms with Crippen molar-refractivity contribution in [2.24, 2.45) is 10.9 Å². The maximum atomic E-state index is 5.70. The van der Waals surface area contributed by atoms with E-state index in [4.69, 9.17) is 14.5 Å². The smallest absolute Gasteiger partial charge is 0.193 e. The highest BCUT2D eigenvalue weighted by Crippen LogP contribution is 2.17. The van der Waals surface area contributed by atoms with Gasteiger partial charge in [-0.15, -0.1) is 24.0 Å². The molecule has 0 aliphatic carbocycles. The molecule has 0 saturated carbocycles. The number of para-hydroxylation sites is 1. The summed E-state index contributed by atoms with van der Waals surface area (Å²) in [5.74, 6) is 1.64. The van der Waals surface area contributed by atoms with Crippen molar-refractivity contribution in [3.05, 3.63) is 30.3 Å². The fourth-order valence-corrected chi connectivity index (χ4v) is 3.44. The average molecular weight is 518 g/mol. The van der Waals surface area contributed by atoms with Crippen LogP contribution in [0.5, 0.6) is 0 Å². The van der Waals surface area contributed by atoms with E-state index in [9.17, 15) is 0 Å². The molecule has 166 valence electrons. The van der Waals surface area contributed by atoms with Crippen molar-refractivity contribution >= 4 is 35.6 Å². The Balaban J connectivity index is 0.00000420. The molecule has 0 spiro atoms. The number of anilines is 1. The zero-order valence-electron chi connectivity index (χ0n) is 18.3. The Kier molecular flexibility index (Phi) is 14.1. The molecule has 2 rings (SSSR count). The summed E-state index contributed by atoms with van der Waals surface area (Å²) in [6.45, 7) is 9.20. The standard InChI is InChI=1S/C22H38N4O2.HI/c1-4-23-22(26-15-12-20(18-26)19-28-17-16-27-3)24-13-8-9-14-25(2)21-10-6-5-7-11-21;/h5-7,10-11,20H,4,8-9,12-19H2,1-3H3,(H,23,24);1H. The number of guanidine groups is 1. The van der Waals surface area contributed by atoms with Crippen LogP contribution in [-0.4, -0.2) is 77.6 Å². The van der Waals surface area contributed by atoms with Crippen LogP contribution in [0.15, 0.2) is 35.3 Å². The number of nitrogens with zero attached hydrogens (tertiary/aromatic N) is 3. The van der Waals surface area contributed by atoms with Crippen molar-refractivity contribution in [2.45, 2.75) is 26.2 Å². The normalized spacial score (nSPS) is 16.6. The highest BCUT2D eigenvalue weighted by atomic mass is 127. The molecule has 1 heterocycles. The Morgan fingerprint density at radius 1 is 1.24 bits per heavy atom. The first-order chi connectivity index (χ1) is 13.7. The lowest BCUT2D eigenvalue weighted by atomic mass is 10.1. The molecular weight excluding hydrogens is 479 g/mol. The van der Waals surface area contributed by atoms with Gasteiger partial charge in [0.2, 0.25) is 0 Å². The second-order valence-corrected chi connectivity index (χ2v) is 7.37. The van der Waals surface area contributed by atoms with Gasteiger partial charge in [0, 0.05) is 58.5 Å². The molecule has 0 amide bonds. The molecule has 0 bridgehead atoms. The van der Waals surface area contributed by atoms with Gasteiger partial charge in [-0.25, -0.2) is 0 Å². The van der Waals surface area contributed by atoms with Crippen LogP contribution >= 0.6 is 24.0 Å². The Hall–Kier alpha value is -1.06. The molecule has 1 aliphatic heterocycles. The average Bonchev–Trinajstić information content (AvgIpc) is 3.19. The highest BCUT2D eigenvalue weighted by Gasteiger charge is 2.24. The van der Waals surface area contributed by atoms with Crippen molar-refractivity contribution in [3.8, 4) is 0 Å². The number of aliphatic imine (C=N–C) groups is 1. The topological polar surface area (TPSA) is 49.3 Å². The molecule has 1 N–H and O–H groups in total. The molecule has 6 nitrogen and oxygen atoms in total. The molecule has 0 radical (unpaired) electrons. The maximum Gasteiger partial charge on any atom is 0.193 e. The Labute approximate surface area is 194 Å². The minimum atomic E-state index is 0. The lowest BCUT2D eigenvalue weighted by Gasteiger charge is -2.22. The van der Waals surface area contributed by atoms with Crippen molar-refractivity contribution in [3.63, 3.8) is 0 Å². The number of hydrogen-bond acceptors (Lipinski definition) is 4. The number of unbranched alkanes of at least 4 members (excludes halogenated alkanes) is 1. The van der Waals surface area contributed by atoms with Crippen LogP contribution in [0, 0.1) is 5.92 Å². The number of nitrogens with one attached hydrogen (secondary N) is 1. The van der Waals surface area contributed by atoms with E-state index in [0.29, 0.717) is 19.1 Å². The fraction of sp³-hybridized carbons (Fsp3) is 0.682. The van der Waals surface area contributed by atoms with E-state index in [0.717, 1.165) is 58.1 Å². The van der Waals surface area contributed by atoms with Gasteiger partial charge in [-0.2, -0.15) is 0 Å². The van der Waals surface area contributed by atoms with Gasteiger partial charge in [0.15, 0.2) is 5.96 Å². The van der Waals surface area contributed by atoms with E-state index in [-0.39, 0.29) is 24.0 Å². The predicted molar refractivity (Wildman–Crippen MR) is 133 cm³/mol. The molecule has 0 aromatic heterocycles.